The quantitative estimate of drug-likeness (QED) is 0.633. The van der Waals surface area contributed by atoms with Crippen LogP contribution in [0, 0.1) is 6.92 Å². The van der Waals surface area contributed by atoms with Gasteiger partial charge in [0.15, 0.2) is 0 Å². The second-order valence-electron chi connectivity index (χ2n) is 7.46. The highest BCUT2D eigenvalue weighted by Crippen LogP contribution is 2.21. The topological polar surface area (TPSA) is 49.4 Å². The maximum Gasteiger partial charge on any atom is 0.243 e. The summed E-state index contributed by atoms with van der Waals surface area (Å²) in [7, 11) is 0. The molecule has 0 aliphatic carbocycles. The van der Waals surface area contributed by atoms with Gasteiger partial charge in [0.05, 0.1) is 6.42 Å². The van der Waals surface area contributed by atoms with Crippen molar-refractivity contribution in [3.05, 3.63) is 70.2 Å². The van der Waals surface area contributed by atoms with E-state index in [9.17, 15) is 9.59 Å². The van der Waals surface area contributed by atoms with Gasteiger partial charge in [0.2, 0.25) is 11.8 Å². The Labute approximate surface area is 179 Å². The van der Waals surface area contributed by atoms with E-state index in [-0.39, 0.29) is 24.3 Å². The lowest BCUT2D eigenvalue weighted by Gasteiger charge is -2.32. The minimum absolute atomic E-state index is 0.0604. The summed E-state index contributed by atoms with van der Waals surface area (Å²) in [6.45, 7) is 8.22. The van der Waals surface area contributed by atoms with Crippen molar-refractivity contribution in [2.24, 2.45) is 0 Å². The first kappa shape index (κ1) is 23.0. The van der Waals surface area contributed by atoms with Crippen LogP contribution in [0.15, 0.2) is 48.5 Å². The number of rotatable bonds is 9. The average Bonchev–Trinajstić information content (AvgIpc) is 2.70. The van der Waals surface area contributed by atoms with Gasteiger partial charge in [0.1, 0.15) is 6.04 Å². The number of hydrogen-bond donors (Lipinski definition) is 1. The minimum atomic E-state index is -0.545. The molecule has 0 aromatic heterocycles. The number of carbonyl (C=O) groups is 2. The van der Waals surface area contributed by atoms with E-state index < -0.39 is 6.04 Å². The lowest BCUT2D eigenvalue weighted by molar-refractivity contribution is -0.141. The predicted octanol–water partition coefficient (Wildman–Crippen LogP) is 4.91. The molecule has 4 nitrogen and oxygen atoms in total. The summed E-state index contributed by atoms with van der Waals surface area (Å²) in [5.74, 6) is -0.197. The number of nitrogens with zero attached hydrogens (tertiary/aromatic N) is 1. The number of halogens is 1. The first-order valence-electron chi connectivity index (χ1n) is 10.2. The summed E-state index contributed by atoms with van der Waals surface area (Å²) in [5.41, 5.74) is 2.87. The molecule has 2 atom stereocenters. The molecule has 0 unspecified atom stereocenters. The second-order valence-corrected chi connectivity index (χ2v) is 7.87. The van der Waals surface area contributed by atoms with Crippen molar-refractivity contribution in [3.63, 3.8) is 0 Å². The SMILES string of the molecule is CC[C@@H](C)NC(=O)[C@H](CC)N(Cc1ccccc1Cl)C(=O)Cc1ccccc1C. The largest absolute Gasteiger partial charge is 0.352 e. The summed E-state index contributed by atoms with van der Waals surface area (Å²) in [5, 5.41) is 3.62. The van der Waals surface area contributed by atoms with Crippen LogP contribution in [0.5, 0.6) is 0 Å². The third kappa shape index (κ3) is 6.33. The smallest absolute Gasteiger partial charge is 0.243 e. The fourth-order valence-electron chi connectivity index (χ4n) is 3.24. The predicted molar refractivity (Wildman–Crippen MR) is 119 cm³/mol. The zero-order valence-corrected chi connectivity index (χ0v) is 18.5. The number of benzene rings is 2. The molecule has 2 rings (SSSR count). The van der Waals surface area contributed by atoms with Crippen molar-refractivity contribution in [3.8, 4) is 0 Å². The fourth-order valence-corrected chi connectivity index (χ4v) is 3.44. The molecule has 5 heteroatoms. The summed E-state index contributed by atoms with van der Waals surface area (Å²) < 4.78 is 0. The van der Waals surface area contributed by atoms with Gasteiger partial charge in [-0.15, -0.1) is 0 Å². The number of carbonyl (C=O) groups excluding carboxylic acids is 2. The van der Waals surface area contributed by atoms with Gasteiger partial charge in [0.25, 0.3) is 0 Å². The van der Waals surface area contributed by atoms with Crippen LogP contribution in [0.4, 0.5) is 0 Å². The highest BCUT2D eigenvalue weighted by molar-refractivity contribution is 6.31. The van der Waals surface area contributed by atoms with E-state index in [1.165, 1.54) is 0 Å². The van der Waals surface area contributed by atoms with Crippen LogP contribution in [0.2, 0.25) is 5.02 Å². The number of hydrogen-bond acceptors (Lipinski definition) is 2. The average molecular weight is 415 g/mol. The van der Waals surface area contributed by atoms with Gasteiger partial charge in [-0.25, -0.2) is 0 Å². The fraction of sp³-hybridized carbons (Fsp3) is 0.417. The Morgan fingerprint density at radius 3 is 2.21 bits per heavy atom. The number of aryl methyl sites for hydroxylation is 1. The van der Waals surface area contributed by atoms with E-state index in [4.69, 9.17) is 11.6 Å². The van der Waals surface area contributed by atoms with E-state index in [2.05, 4.69) is 5.32 Å². The van der Waals surface area contributed by atoms with Crippen molar-refractivity contribution in [1.29, 1.82) is 0 Å². The molecule has 0 saturated heterocycles. The molecule has 0 spiro atoms. The third-order valence-corrected chi connectivity index (χ3v) is 5.66. The number of nitrogens with one attached hydrogen (secondary N) is 1. The Morgan fingerprint density at radius 2 is 1.62 bits per heavy atom. The van der Waals surface area contributed by atoms with Gasteiger partial charge in [0, 0.05) is 17.6 Å². The van der Waals surface area contributed by atoms with Gasteiger partial charge >= 0.3 is 0 Å². The molecular weight excluding hydrogens is 384 g/mol. The standard InChI is InChI=1S/C24H31ClN2O2/c1-5-18(4)26-24(29)22(6-2)27(16-20-13-9-10-14-21(20)25)23(28)15-19-12-8-7-11-17(19)3/h7-14,18,22H,5-6,15-16H2,1-4H3,(H,26,29)/t18-,22+/m1/s1. The Morgan fingerprint density at radius 1 is 1.00 bits per heavy atom. The maximum atomic E-state index is 13.3. The van der Waals surface area contributed by atoms with Crippen molar-refractivity contribution < 1.29 is 9.59 Å². The molecule has 29 heavy (non-hydrogen) atoms. The molecule has 0 bridgehead atoms. The highest BCUT2D eigenvalue weighted by Gasteiger charge is 2.29. The lowest BCUT2D eigenvalue weighted by atomic mass is 10.0. The molecule has 0 heterocycles. The third-order valence-electron chi connectivity index (χ3n) is 5.29. The Kier molecular flexibility index (Phi) is 8.71. The molecule has 0 fully saturated rings. The van der Waals surface area contributed by atoms with Crippen LogP contribution in [-0.2, 0) is 22.6 Å². The highest BCUT2D eigenvalue weighted by atomic mass is 35.5. The molecule has 156 valence electrons. The molecule has 2 amide bonds. The van der Waals surface area contributed by atoms with E-state index >= 15 is 0 Å². The molecule has 0 saturated carbocycles. The molecule has 0 radical (unpaired) electrons. The summed E-state index contributed by atoms with van der Waals surface area (Å²) >= 11 is 6.35. The Hall–Kier alpha value is -2.33. The minimum Gasteiger partial charge on any atom is -0.352 e. The Balaban J connectivity index is 2.33. The van der Waals surface area contributed by atoms with Gasteiger partial charge in [-0.05, 0) is 49.4 Å². The first-order chi connectivity index (χ1) is 13.9. The lowest BCUT2D eigenvalue weighted by Crippen LogP contribution is -2.51. The molecule has 2 aromatic carbocycles. The molecule has 0 aliphatic heterocycles. The monoisotopic (exact) mass is 414 g/mol. The van der Waals surface area contributed by atoms with Gasteiger partial charge in [-0.2, -0.15) is 0 Å². The van der Waals surface area contributed by atoms with Crippen LogP contribution < -0.4 is 5.32 Å². The Bertz CT molecular complexity index is 837. The number of amides is 2. The molecule has 0 aliphatic rings. The normalized spacial score (nSPS) is 12.9. The van der Waals surface area contributed by atoms with Gasteiger partial charge in [-0.3, -0.25) is 9.59 Å². The van der Waals surface area contributed by atoms with Crippen molar-refractivity contribution in [1.82, 2.24) is 10.2 Å². The van der Waals surface area contributed by atoms with E-state index in [1.807, 2.05) is 70.2 Å². The van der Waals surface area contributed by atoms with Crippen LogP contribution in [0.3, 0.4) is 0 Å². The van der Waals surface area contributed by atoms with Crippen molar-refractivity contribution in [2.45, 2.75) is 65.6 Å². The summed E-state index contributed by atoms with van der Waals surface area (Å²) in [6, 6.07) is 14.8. The molecule has 2 aromatic rings. The zero-order valence-electron chi connectivity index (χ0n) is 17.7. The maximum absolute atomic E-state index is 13.3. The first-order valence-corrected chi connectivity index (χ1v) is 10.6. The van der Waals surface area contributed by atoms with Crippen molar-refractivity contribution in [2.75, 3.05) is 0 Å². The van der Waals surface area contributed by atoms with Crippen LogP contribution in [0.25, 0.3) is 0 Å². The second kappa shape index (κ2) is 11.0. The van der Waals surface area contributed by atoms with Gasteiger partial charge < -0.3 is 10.2 Å². The van der Waals surface area contributed by atoms with E-state index in [1.54, 1.807) is 11.0 Å². The summed E-state index contributed by atoms with van der Waals surface area (Å²) in [6.07, 6.45) is 1.63. The van der Waals surface area contributed by atoms with Crippen LogP contribution >= 0.6 is 11.6 Å². The molecule has 1 N–H and O–H groups in total. The van der Waals surface area contributed by atoms with E-state index in [0.717, 1.165) is 23.1 Å². The molecular formula is C24H31ClN2O2. The van der Waals surface area contributed by atoms with Gasteiger partial charge in [-0.1, -0.05) is 67.9 Å². The van der Waals surface area contributed by atoms with Crippen LogP contribution in [-0.4, -0.2) is 28.8 Å². The van der Waals surface area contributed by atoms with Crippen LogP contribution in [0.1, 0.15) is 50.3 Å². The van der Waals surface area contributed by atoms with E-state index in [0.29, 0.717) is 18.0 Å². The zero-order chi connectivity index (χ0) is 21.4. The summed E-state index contributed by atoms with van der Waals surface area (Å²) in [4.78, 5) is 28.0. The van der Waals surface area contributed by atoms with Crippen molar-refractivity contribution >= 4 is 23.4 Å².